The highest BCUT2D eigenvalue weighted by molar-refractivity contribution is 8.00. The van der Waals surface area contributed by atoms with Crippen LogP contribution in [0.4, 0.5) is 0 Å². The Hall–Kier alpha value is -1.16. The van der Waals surface area contributed by atoms with Crippen LogP contribution in [0, 0.1) is 5.92 Å². The van der Waals surface area contributed by atoms with Crippen molar-refractivity contribution in [2.24, 2.45) is 5.92 Å². The molecule has 0 aliphatic heterocycles. The van der Waals surface area contributed by atoms with Crippen molar-refractivity contribution in [2.75, 3.05) is 0 Å². The van der Waals surface area contributed by atoms with Crippen molar-refractivity contribution in [3.8, 4) is 5.75 Å². The molecule has 0 fully saturated rings. The lowest BCUT2D eigenvalue weighted by molar-refractivity contribution is -0.137. The van der Waals surface area contributed by atoms with Gasteiger partial charge in [-0.25, -0.2) is 0 Å². The van der Waals surface area contributed by atoms with E-state index in [4.69, 9.17) is 9.84 Å². The van der Waals surface area contributed by atoms with Gasteiger partial charge in [-0.05, 0) is 44.0 Å². The summed E-state index contributed by atoms with van der Waals surface area (Å²) >= 11 is 1.38. The normalized spacial score (nSPS) is 12.8. The molecule has 1 N–H and O–H groups in total. The molecule has 0 radical (unpaired) electrons. The van der Waals surface area contributed by atoms with E-state index in [1.807, 2.05) is 52.0 Å². The zero-order valence-electron chi connectivity index (χ0n) is 11.2. The van der Waals surface area contributed by atoms with Crippen LogP contribution in [0.5, 0.6) is 5.75 Å². The Morgan fingerprint density at radius 3 is 2.11 bits per heavy atom. The summed E-state index contributed by atoms with van der Waals surface area (Å²) in [7, 11) is 0. The third kappa shape index (κ3) is 4.61. The second-order valence-corrected chi connectivity index (χ2v) is 5.97. The quantitative estimate of drug-likeness (QED) is 0.800. The molecule has 0 aliphatic carbocycles. The van der Waals surface area contributed by atoms with E-state index in [0.717, 1.165) is 10.6 Å². The molecule has 1 aromatic carbocycles. The van der Waals surface area contributed by atoms with E-state index in [-0.39, 0.29) is 12.0 Å². The minimum absolute atomic E-state index is 0.0964. The van der Waals surface area contributed by atoms with E-state index in [1.165, 1.54) is 11.8 Å². The molecule has 0 aliphatic rings. The number of carbonyl (C=O) groups is 1. The minimum atomic E-state index is -0.766. The van der Waals surface area contributed by atoms with E-state index in [2.05, 4.69) is 0 Å². The van der Waals surface area contributed by atoms with E-state index >= 15 is 0 Å². The molecule has 4 heteroatoms. The largest absolute Gasteiger partial charge is 0.491 e. The fraction of sp³-hybridized carbons (Fsp3) is 0.500. The van der Waals surface area contributed by atoms with Crippen LogP contribution < -0.4 is 4.74 Å². The lowest BCUT2D eigenvalue weighted by atomic mass is 10.1. The van der Waals surface area contributed by atoms with Gasteiger partial charge in [0.25, 0.3) is 0 Å². The van der Waals surface area contributed by atoms with Crippen LogP contribution in [-0.2, 0) is 4.79 Å². The topological polar surface area (TPSA) is 46.5 Å². The Morgan fingerprint density at radius 1 is 1.17 bits per heavy atom. The van der Waals surface area contributed by atoms with Crippen LogP contribution >= 0.6 is 11.8 Å². The number of hydrogen-bond donors (Lipinski definition) is 1. The lowest BCUT2D eigenvalue weighted by Crippen LogP contribution is -2.22. The highest BCUT2D eigenvalue weighted by Crippen LogP contribution is 2.29. The molecule has 1 rings (SSSR count). The fourth-order valence-electron chi connectivity index (χ4n) is 1.49. The summed E-state index contributed by atoms with van der Waals surface area (Å²) in [6.45, 7) is 7.79. The number of carboxylic acid groups (broad SMARTS) is 1. The molecule has 0 amide bonds. The third-order valence-corrected chi connectivity index (χ3v) is 3.85. The molecule has 3 nitrogen and oxygen atoms in total. The van der Waals surface area contributed by atoms with Gasteiger partial charge < -0.3 is 9.84 Å². The Morgan fingerprint density at radius 2 is 1.72 bits per heavy atom. The van der Waals surface area contributed by atoms with E-state index in [1.54, 1.807) is 0 Å². The van der Waals surface area contributed by atoms with Gasteiger partial charge in [0.2, 0.25) is 0 Å². The van der Waals surface area contributed by atoms with Gasteiger partial charge in [-0.1, -0.05) is 13.8 Å². The number of hydrogen-bond acceptors (Lipinski definition) is 3. The van der Waals surface area contributed by atoms with Crippen molar-refractivity contribution in [1.29, 1.82) is 0 Å². The summed E-state index contributed by atoms with van der Waals surface area (Å²) in [5.41, 5.74) is 0. The average Bonchev–Trinajstić information content (AvgIpc) is 2.26. The molecule has 0 aromatic heterocycles. The summed E-state index contributed by atoms with van der Waals surface area (Å²) < 4.78 is 5.54. The maximum atomic E-state index is 11.1. The molecule has 1 unspecified atom stereocenters. The molecule has 0 bridgehead atoms. The second-order valence-electron chi connectivity index (χ2n) is 4.76. The van der Waals surface area contributed by atoms with Gasteiger partial charge in [-0.15, -0.1) is 11.8 Å². The van der Waals surface area contributed by atoms with Gasteiger partial charge >= 0.3 is 5.97 Å². The van der Waals surface area contributed by atoms with Crippen molar-refractivity contribution in [3.05, 3.63) is 24.3 Å². The van der Waals surface area contributed by atoms with Crippen LogP contribution in [0.25, 0.3) is 0 Å². The molecule has 18 heavy (non-hydrogen) atoms. The second kappa shape index (κ2) is 6.69. The van der Waals surface area contributed by atoms with E-state index in [9.17, 15) is 4.79 Å². The van der Waals surface area contributed by atoms with E-state index < -0.39 is 11.2 Å². The zero-order chi connectivity index (χ0) is 13.7. The SMILES string of the molecule is CC(C)Oc1ccc(SC(C(=O)O)C(C)C)cc1. The minimum Gasteiger partial charge on any atom is -0.491 e. The molecule has 0 spiro atoms. The third-order valence-electron chi connectivity index (χ3n) is 2.31. The van der Waals surface area contributed by atoms with Gasteiger partial charge in [0.05, 0.1) is 6.10 Å². The summed E-state index contributed by atoms with van der Waals surface area (Å²) in [5, 5.41) is 8.72. The zero-order valence-corrected chi connectivity index (χ0v) is 12.0. The number of aliphatic carboxylic acids is 1. The molecule has 1 atom stereocenters. The highest BCUT2D eigenvalue weighted by Gasteiger charge is 2.22. The van der Waals surface area contributed by atoms with E-state index in [0.29, 0.717) is 0 Å². The van der Waals surface area contributed by atoms with Gasteiger partial charge in [-0.2, -0.15) is 0 Å². The molecule has 1 aromatic rings. The smallest absolute Gasteiger partial charge is 0.317 e. The number of rotatable bonds is 6. The Kier molecular flexibility index (Phi) is 5.54. The molecule has 0 saturated heterocycles. The molecule has 100 valence electrons. The summed E-state index contributed by atoms with van der Waals surface area (Å²) in [6.07, 6.45) is 0.144. The first-order chi connectivity index (χ1) is 8.40. The molecule has 0 saturated carbocycles. The lowest BCUT2D eigenvalue weighted by Gasteiger charge is -2.16. The summed E-state index contributed by atoms with van der Waals surface area (Å²) in [4.78, 5) is 12.1. The first-order valence-corrected chi connectivity index (χ1v) is 6.94. The fourth-order valence-corrected chi connectivity index (χ4v) is 2.45. The van der Waals surface area contributed by atoms with Crippen LogP contribution in [0.3, 0.4) is 0 Å². The van der Waals surface area contributed by atoms with Crippen molar-refractivity contribution < 1.29 is 14.6 Å². The number of thioether (sulfide) groups is 1. The molecule has 0 heterocycles. The van der Waals surface area contributed by atoms with Gasteiger partial charge in [0.1, 0.15) is 11.0 Å². The maximum Gasteiger partial charge on any atom is 0.317 e. The van der Waals surface area contributed by atoms with Gasteiger partial charge in [-0.3, -0.25) is 4.79 Å². The number of benzene rings is 1. The first kappa shape index (κ1) is 14.9. The van der Waals surface area contributed by atoms with Crippen molar-refractivity contribution in [1.82, 2.24) is 0 Å². The van der Waals surface area contributed by atoms with Gasteiger partial charge in [0.15, 0.2) is 0 Å². The van der Waals surface area contributed by atoms with Crippen LogP contribution in [0.15, 0.2) is 29.2 Å². The number of carboxylic acids is 1. The van der Waals surface area contributed by atoms with Crippen LogP contribution in [-0.4, -0.2) is 22.4 Å². The van der Waals surface area contributed by atoms with Crippen molar-refractivity contribution in [3.63, 3.8) is 0 Å². The average molecular weight is 268 g/mol. The van der Waals surface area contributed by atoms with Crippen LogP contribution in [0.1, 0.15) is 27.7 Å². The van der Waals surface area contributed by atoms with Gasteiger partial charge in [0, 0.05) is 4.90 Å². The summed E-state index contributed by atoms with van der Waals surface area (Å²) in [6, 6.07) is 7.56. The predicted molar refractivity (Wildman–Crippen MR) is 74.3 cm³/mol. The molecular weight excluding hydrogens is 248 g/mol. The predicted octanol–water partition coefficient (Wildman–Crippen LogP) is 3.68. The number of ether oxygens (including phenoxy) is 1. The standard InChI is InChI=1S/C14H20O3S/c1-9(2)13(14(15)16)18-12-7-5-11(6-8-12)17-10(3)4/h5-10,13H,1-4H3,(H,15,16). The maximum absolute atomic E-state index is 11.1. The Labute approximate surface area is 113 Å². The Balaban J connectivity index is 2.70. The van der Waals surface area contributed by atoms with Crippen molar-refractivity contribution >= 4 is 17.7 Å². The summed E-state index contributed by atoms with van der Waals surface area (Å²) in [5.74, 6) is 0.141. The highest BCUT2D eigenvalue weighted by atomic mass is 32.2. The molecular formula is C14H20O3S. The monoisotopic (exact) mass is 268 g/mol. The van der Waals surface area contributed by atoms with Crippen molar-refractivity contribution in [2.45, 2.75) is 43.9 Å². The first-order valence-electron chi connectivity index (χ1n) is 6.06. The Bertz CT molecular complexity index is 385. The van der Waals surface area contributed by atoms with Crippen LogP contribution in [0.2, 0.25) is 0 Å².